The SMILES string of the molecule is N#Cc1cccc(Oc2cnc3ccccc3c2)c1N. The summed E-state index contributed by atoms with van der Waals surface area (Å²) in [6.07, 6.45) is 1.64. The van der Waals surface area contributed by atoms with Crippen LogP contribution in [0.2, 0.25) is 0 Å². The predicted octanol–water partition coefficient (Wildman–Crippen LogP) is 3.48. The summed E-state index contributed by atoms with van der Waals surface area (Å²) in [4.78, 5) is 4.32. The third-order valence-electron chi connectivity index (χ3n) is 2.98. The largest absolute Gasteiger partial charge is 0.454 e. The van der Waals surface area contributed by atoms with Crippen LogP contribution in [0.1, 0.15) is 5.56 Å². The lowest BCUT2D eigenvalue weighted by Crippen LogP contribution is -1.95. The van der Waals surface area contributed by atoms with Gasteiger partial charge in [0.15, 0.2) is 5.75 Å². The summed E-state index contributed by atoms with van der Waals surface area (Å²) in [5.74, 6) is 1.05. The lowest BCUT2D eigenvalue weighted by Gasteiger charge is -2.09. The number of nitrogens with zero attached hydrogens (tertiary/aromatic N) is 2. The molecule has 0 fully saturated rings. The molecule has 2 N–H and O–H groups in total. The van der Waals surface area contributed by atoms with E-state index < -0.39 is 0 Å². The Balaban J connectivity index is 1.99. The lowest BCUT2D eigenvalue weighted by molar-refractivity contribution is 0.483. The summed E-state index contributed by atoms with van der Waals surface area (Å²) in [7, 11) is 0. The minimum absolute atomic E-state index is 0.336. The van der Waals surface area contributed by atoms with Crippen molar-refractivity contribution in [3.05, 3.63) is 60.3 Å². The van der Waals surface area contributed by atoms with E-state index in [-0.39, 0.29) is 0 Å². The Morgan fingerprint density at radius 3 is 2.80 bits per heavy atom. The molecule has 0 saturated carbocycles. The van der Waals surface area contributed by atoms with Crippen LogP contribution < -0.4 is 10.5 Å². The number of hydrogen-bond acceptors (Lipinski definition) is 4. The second-order valence-corrected chi connectivity index (χ2v) is 4.29. The molecule has 4 nitrogen and oxygen atoms in total. The van der Waals surface area contributed by atoms with Crippen molar-refractivity contribution >= 4 is 16.6 Å². The second-order valence-electron chi connectivity index (χ2n) is 4.29. The van der Waals surface area contributed by atoms with Crippen LogP contribution >= 0.6 is 0 Å². The number of nitriles is 1. The molecular formula is C16H11N3O. The van der Waals surface area contributed by atoms with Crippen molar-refractivity contribution in [2.75, 3.05) is 5.73 Å². The molecule has 0 unspecified atom stereocenters. The Morgan fingerprint density at radius 2 is 1.95 bits per heavy atom. The van der Waals surface area contributed by atoms with Gasteiger partial charge in [0.2, 0.25) is 0 Å². The fourth-order valence-corrected chi connectivity index (χ4v) is 1.96. The van der Waals surface area contributed by atoms with E-state index in [2.05, 4.69) is 4.98 Å². The first kappa shape index (κ1) is 12.0. The number of nitrogens with two attached hydrogens (primary N) is 1. The molecule has 0 spiro atoms. The molecule has 1 heterocycles. The highest BCUT2D eigenvalue weighted by Gasteiger charge is 2.07. The van der Waals surface area contributed by atoms with Crippen LogP contribution in [0.3, 0.4) is 0 Å². The maximum absolute atomic E-state index is 8.95. The van der Waals surface area contributed by atoms with Crippen molar-refractivity contribution in [3.63, 3.8) is 0 Å². The van der Waals surface area contributed by atoms with Crippen LogP contribution in [0.15, 0.2) is 54.7 Å². The molecule has 2 aromatic carbocycles. The minimum Gasteiger partial charge on any atom is -0.454 e. The lowest BCUT2D eigenvalue weighted by atomic mass is 10.2. The molecule has 0 radical (unpaired) electrons. The van der Waals surface area contributed by atoms with Gasteiger partial charge in [-0.05, 0) is 24.3 Å². The molecule has 0 bridgehead atoms. The number of fused-ring (bicyclic) bond motifs is 1. The van der Waals surface area contributed by atoms with Gasteiger partial charge < -0.3 is 10.5 Å². The van der Waals surface area contributed by atoms with Gasteiger partial charge >= 0.3 is 0 Å². The number of para-hydroxylation sites is 2. The third-order valence-corrected chi connectivity index (χ3v) is 2.98. The van der Waals surface area contributed by atoms with Crippen molar-refractivity contribution in [2.24, 2.45) is 0 Å². The first-order valence-electron chi connectivity index (χ1n) is 6.09. The Hall–Kier alpha value is -3.06. The fourth-order valence-electron chi connectivity index (χ4n) is 1.96. The maximum Gasteiger partial charge on any atom is 0.151 e. The highest BCUT2D eigenvalue weighted by atomic mass is 16.5. The Morgan fingerprint density at radius 1 is 1.10 bits per heavy atom. The van der Waals surface area contributed by atoms with Gasteiger partial charge in [-0.15, -0.1) is 0 Å². The second kappa shape index (κ2) is 4.90. The van der Waals surface area contributed by atoms with E-state index in [1.807, 2.05) is 36.4 Å². The molecule has 0 atom stereocenters. The topological polar surface area (TPSA) is 71.9 Å². The molecule has 3 rings (SSSR count). The molecule has 3 aromatic rings. The quantitative estimate of drug-likeness (QED) is 0.717. The third kappa shape index (κ3) is 2.13. The Kier molecular flexibility index (Phi) is 2.94. The maximum atomic E-state index is 8.95. The molecule has 0 saturated heterocycles. The molecule has 4 heteroatoms. The van der Waals surface area contributed by atoms with E-state index >= 15 is 0 Å². The smallest absolute Gasteiger partial charge is 0.151 e. The number of rotatable bonds is 2. The van der Waals surface area contributed by atoms with E-state index in [9.17, 15) is 0 Å². The van der Waals surface area contributed by atoms with Gasteiger partial charge in [0, 0.05) is 5.39 Å². The number of hydrogen-bond donors (Lipinski definition) is 1. The summed E-state index contributed by atoms with van der Waals surface area (Å²) >= 11 is 0. The molecule has 0 aliphatic heterocycles. The summed E-state index contributed by atoms with van der Waals surface area (Å²) in [6, 6.07) is 16.8. The molecule has 20 heavy (non-hydrogen) atoms. The van der Waals surface area contributed by atoms with Crippen molar-refractivity contribution < 1.29 is 4.74 Å². The van der Waals surface area contributed by atoms with Gasteiger partial charge in [0.05, 0.1) is 23.0 Å². The van der Waals surface area contributed by atoms with Gasteiger partial charge in [-0.1, -0.05) is 24.3 Å². The van der Waals surface area contributed by atoms with E-state index in [1.54, 1.807) is 24.4 Å². The number of ether oxygens (including phenoxy) is 1. The minimum atomic E-state index is 0.336. The predicted molar refractivity (Wildman–Crippen MR) is 77.4 cm³/mol. The first-order chi connectivity index (χ1) is 9.78. The summed E-state index contributed by atoms with van der Waals surface area (Å²) in [5.41, 5.74) is 7.52. The van der Waals surface area contributed by atoms with E-state index in [0.29, 0.717) is 22.7 Å². The van der Waals surface area contributed by atoms with E-state index in [1.165, 1.54) is 0 Å². The van der Waals surface area contributed by atoms with Crippen molar-refractivity contribution in [1.82, 2.24) is 4.98 Å². The van der Waals surface area contributed by atoms with Gasteiger partial charge in [-0.2, -0.15) is 5.26 Å². The number of aromatic nitrogens is 1. The van der Waals surface area contributed by atoms with Crippen LogP contribution in [0.5, 0.6) is 11.5 Å². The van der Waals surface area contributed by atoms with Gasteiger partial charge in [-0.3, -0.25) is 4.98 Å². The molecular weight excluding hydrogens is 250 g/mol. The first-order valence-corrected chi connectivity index (χ1v) is 6.09. The van der Waals surface area contributed by atoms with Crippen molar-refractivity contribution in [2.45, 2.75) is 0 Å². The van der Waals surface area contributed by atoms with Gasteiger partial charge in [0.25, 0.3) is 0 Å². The summed E-state index contributed by atoms with van der Waals surface area (Å²) < 4.78 is 5.72. The molecule has 0 amide bonds. The average Bonchev–Trinajstić information content (AvgIpc) is 2.49. The zero-order valence-corrected chi connectivity index (χ0v) is 10.6. The zero-order valence-electron chi connectivity index (χ0n) is 10.6. The zero-order chi connectivity index (χ0) is 13.9. The average molecular weight is 261 g/mol. The Labute approximate surface area is 116 Å². The van der Waals surface area contributed by atoms with Crippen molar-refractivity contribution in [3.8, 4) is 17.6 Å². The Bertz CT molecular complexity index is 821. The number of nitrogen functional groups attached to an aromatic ring is 1. The van der Waals surface area contributed by atoms with Crippen LogP contribution in [-0.2, 0) is 0 Å². The monoisotopic (exact) mass is 261 g/mol. The van der Waals surface area contributed by atoms with E-state index in [0.717, 1.165) is 10.9 Å². The highest BCUT2D eigenvalue weighted by Crippen LogP contribution is 2.30. The standard InChI is InChI=1S/C16H11N3O/c17-9-12-5-3-7-15(16(12)18)20-13-8-11-4-1-2-6-14(11)19-10-13/h1-8,10H,18H2. The fraction of sp³-hybridized carbons (Fsp3) is 0. The van der Waals surface area contributed by atoms with Crippen molar-refractivity contribution in [1.29, 1.82) is 5.26 Å². The van der Waals surface area contributed by atoms with Gasteiger partial charge in [-0.25, -0.2) is 0 Å². The van der Waals surface area contributed by atoms with Gasteiger partial charge in [0.1, 0.15) is 11.8 Å². The normalized spacial score (nSPS) is 10.2. The number of benzene rings is 2. The number of pyridine rings is 1. The van der Waals surface area contributed by atoms with Crippen LogP contribution in [0.4, 0.5) is 5.69 Å². The molecule has 0 aliphatic rings. The molecule has 96 valence electrons. The van der Waals surface area contributed by atoms with Crippen LogP contribution in [0.25, 0.3) is 10.9 Å². The highest BCUT2D eigenvalue weighted by molar-refractivity contribution is 5.79. The van der Waals surface area contributed by atoms with Crippen LogP contribution in [0, 0.1) is 11.3 Å². The van der Waals surface area contributed by atoms with E-state index in [4.69, 9.17) is 15.7 Å². The summed E-state index contributed by atoms with van der Waals surface area (Å²) in [6.45, 7) is 0. The summed E-state index contributed by atoms with van der Waals surface area (Å²) in [5, 5.41) is 9.94. The molecule has 1 aromatic heterocycles. The molecule has 0 aliphatic carbocycles. The van der Waals surface area contributed by atoms with Crippen LogP contribution in [-0.4, -0.2) is 4.98 Å². The number of anilines is 1.